The summed E-state index contributed by atoms with van der Waals surface area (Å²) in [5.74, 6) is 1.83. The fraction of sp³-hybridized carbons (Fsp3) is 0. The second kappa shape index (κ2) is 12.3. The molecule has 57 heavy (non-hydrogen) atoms. The predicted molar refractivity (Wildman–Crippen MR) is 234 cm³/mol. The first-order valence-electron chi connectivity index (χ1n) is 19.2. The van der Waals surface area contributed by atoms with E-state index in [4.69, 9.17) is 15.0 Å². The zero-order valence-corrected chi connectivity index (χ0v) is 30.7. The molecule has 0 amide bonds. The Morgan fingerprint density at radius 3 is 1.44 bits per heavy atom. The molecule has 0 unspecified atom stereocenters. The minimum Gasteiger partial charge on any atom is -0.309 e. The van der Waals surface area contributed by atoms with Crippen LogP contribution >= 0.6 is 0 Å². The van der Waals surface area contributed by atoms with Crippen molar-refractivity contribution in [2.45, 2.75) is 0 Å². The van der Waals surface area contributed by atoms with Crippen molar-refractivity contribution < 1.29 is 0 Å². The van der Waals surface area contributed by atoms with Gasteiger partial charge in [-0.05, 0) is 48.5 Å². The molecule has 6 nitrogen and oxygen atoms in total. The molecule has 0 bridgehead atoms. The van der Waals surface area contributed by atoms with Gasteiger partial charge in [0.1, 0.15) is 0 Å². The smallest absolute Gasteiger partial charge is 0.238 e. The Morgan fingerprint density at radius 2 is 0.789 bits per heavy atom. The Balaban J connectivity index is 1.22. The topological polar surface area (TPSA) is 53.5 Å². The van der Waals surface area contributed by atoms with Crippen LogP contribution < -0.4 is 0 Å². The molecular weight excluding hydrogens is 697 g/mol. The van der Waals surface area contributed by atoms with Gasteiger partial charge in [-0.25, -0.2) is 4.98 Å². The zero-order chi connectivity index (χ0) is 37.5. The summed E-state index contributed by atoms with van der Waals surface area (Å²) in [5, 5.41) is 7.00. The van der Waals surface area contributed by atoms with Crippen molar-refractivity contribution in [1.82, 2.24) is 28.7 Å². The van der Waals surface area contributed by atoms with E-state index in [-0.39, 0.29) is 0 Å². The Morgan fingerprint density at radius 1 is 0.298 bits per heavy atom. The molecule has 0 fully saturated rings. The fourth-order valence-electron chi connectivity index (χ4n) is 8.92. The Labute approximate surface area is 327 Å². The second-order valence-corrected chi connectivity index (χ2v) is 14.4. The minimum atomic E-state index is 0.575. The summed E-state index contributed by atoms with van der Waals surface area (Å²) in [6, 6.07) is 68.4. The van der Waals surface area contributed by atoms with Gasteiger partial charge in [-0.15, -0.1) is 0 Å². The Kier molecular flexibility index (Phi) is 6.83. The van der Waals surface area contributed by atoms with E-state index in [0.29, 0.717) is 17.6 Å². The first kappa shape index (κ1) is 31.5. The van der Waals surface area contributed by atoms with Gasteiger partial charge in [0.15, 0.2) is 11.6 Å². The van der Waals surface area contributed by atoms with Gasteiger partial charge in [0.05, 0.1) is 38.8 Å². The molecule has 12 rings (SSSR count). The largest absolute Gasteiger partial charge is 0.309 e. The third-order valence-electron chi connectivity index (χ3n) is 11.3. The van der Waals surface area contributed by atoms with Crippen LogP contribution in [0.1, 0.15) is 0 Å². The molecule has 0 aliphatic heterocycles. The predicted octanol–water partition coefficient (Wildman–Crippen LogP) is 12.5. The molecule has 0 aliphatic rings. The van der Waals surface area contributed by atoms with Crippen LogP contribution in [0, 0.1) is 0 Å². The van der Waals surface area contributed by atoms with E-state index >= 15 is 0 Å². The van der Waals surface area contributed by atoms with Crippen molar-refractivity contribution in [1.29, 1.82) is 0 Å². The van der Waals surface area contributed by atoms with E-state index in [9.17, 15) is 0 Å². The van der Waals surface area contributed by atoms with Gasteiger partial charge in [0.25, 0.3) is 0 Å². The normalized spacial score (nSPS) is 11.9. The van der Waals surface area contributed by atoms with E-state index in [0.717, 1.165) is 71.6 Å². The van der Waals surface area contributed by atoms with E-state index in [2.05, 4.69) is 171 Å². The molecular formula is C51H32N6. The van der Waals surface area contributed by atoms with Crippen LogP contribution in [0.3, 0.4) is 0 Å². The second-order valence-electron chi connectivity index (χ2n) is 14.4. The maximum absolute atomic E-state index is 5.26. The lowest BCUT2D eigenvalue weighted by Gasteiger charge is -2.12. The highest BCUT2D eigenvalue weighted by Crippen LogP contribution is 2.44. The number of aromatic nitrogens is 6. The first-order valence-corrected chi connectivity index (χ1v) is 19.2. The van der Waals surface area contributed by atoms with Crippen molar-refractivity contribution in [2.75, 3.05) is 0 Å². The average Bonchev–Trinajstić information content (AvgIpc) is 3.93. The molecule has 4 heterocycles. The van der Waals surface area contributed by atoms with Crippen molar-refractivity contribution in [3.63, 3.8) is 0 Å². The number of benzene rings is 8. The number of fused-ring (bicyclic) bond motifs is 10. The monoisotopic (exact) mass is 728 g/mol. The van der Waals surface area contributed by atoms with E-state index in [1.54, 1.807) is 0 Å². The highest BCUT2D eigenvalue weighted by Gasteiger charge is 2.24. The van der Waals surface area contributed by atoms with Gasteiger partial charge >= 0.3 is 0 Å². The molecule has 0 N–H and O–H groups in total. The Bertz CT molecular complexity index is 3450. The highest BCUT2D eigenvalue weighted by molar-refractivity contribution is 6.27. The number of rotatable bonds is 5. The number of hydrogen-bond acceptors (Lipinski definition) is 3. The molecule has 0 atom stereocenters. The number of nitrogens with zero attached hydrogens (tertiary/aromatic N) is 6. The third kappa shape index (κ3) is 4.68. The molecule has 0 saturated heterocycles. The maximum Gasteiger partial charge on any atom is 0.238 e. The van der Waals surface area contributed by atoms with Gasteiger partial charge in [0.2, 0.25) is 5.95 Å². The molecule has 6 heteroatoms. The first-order chi connectivity index (χ1) is 28.3. The van der Waals surface area contributed by atoms with Gasteiger partial charge in [-0.3, -0.25) is 4.57 Å². The zero-order valence-electron chi connectivity index (χ0n) is 30.7. The van der Waals surface area contributed by atoms with E-state index < -0.39 is 0 Å². The lowest BCUT2D eigenvalue weighted by atomic mass is 10.1. The molecule has 12 aromatic rings. The van der Waals surface area contributed by atoms with Crippen LogP contribution in [0.15, 0.2) is 194 Å². The van der Waals surface area contributed by atoms with Gasteiger partial charge in [-0.2, -0.15) is 9.97 Å². The average molecular weight is 729 g/mol. The lowest BCUT2D eigenvalue weighted by Crippen LogP contribution is -2.06. The van der Waals surface area contributed by atoms with Crippen LogP contribution in [-0.2, 0) is 0 Å². The molecule has 0 aliphatic carbocycles. The maximum atomic E-state index is 5.26. The van der Waals surface area contributed by atoms with Crippen LogP contribution in [0.25, 0.3) is 106 Å². The van der Waals surface area contributed by atoms with Crippen molar-refractivity contribution in [3.05, 3.63) is 194 Å². The fourth-order valence-corrected chi connectivity index (χ4v) is 8.92. The van der Waals surface area contributed by atoms with Crippen molar-refractivity contribution >= 4 is 65.4 Å². The van der Waals surface area contributed by atoms with E-state index in [1.807, 2.05) is 36.4 Å². The standard InChI is InChI=1S/C51H32N6/c1-4-17-33(18-5-1)49-52-50(34-19-6-2-7-20-34)54-51(53-49)57-40-26-13-10-23-36(40)37-31-32-45-47(48(37)57)39-25-12-15-28-42(39)56(45)44-30-16-29-43-46(44)38-24-11-14-27-41(38)55(43)35-21-8-3-9-22-35/h1-32H. The third-order valence-corrected chi connectivity index (χ3v) is 11.3. The number of hydrogen-bond donors (Lipinski definition) is 0. The molecule has 266 valence electrons. The van der Waals surface area contributed by atoms with Crippen molar-refractivity contribution in [3.8, 4) is 40.1 Å². The molecule has 0 spiro atoms. The van der Waals surface area contributed by atoms with Gasteiger partial charge in [-0.1, -0.05) is 146 Å². The summed E-state index contributed by atoms with van der Waals surface area (Å²) in [5.41, 5.74) is 10.8. The quantitative estimate of drug-likeness (QED) is 0.177. The van der Waals surface area contributed by atoms with Crippen molar-refractivity contribution in [2.24, 2.45) is 0 Å². The van der Waals surface area contributed by atoms with Crippen LogP contribution in [0.2, 0.25) is 0 Å². The summed E-state index contributed by atoms with van der Waals surface area (Å²) in [7, 11) is 0. The molecule has 0 saturated carbocycles. The number of para-hydroxylation sites is 4. The molecule has 4 aromatic heterocycles. The van der Waals surface area contributed by atoms with Gasteiger partial charge < -0.3 is 9.13 Å². The highest BCUT2D eigenvalue weighted by atomic mass is 15.2. The minimum absolute atomic E-state index is 0.575. The summed E-state index contributed by atoms with van der Waals surface area (Å²) in [6.45, 7) is 0. The van der Waals surface area contributed by atoms with Crippen LogP contribution in [0.5, 0.6) is 0 Å². The van der Waals surface area contributed by atoms with Crippen LogP contribution in [-0.4, -0.2) is 28.7 Å². The lowest BCUT2D eigenvalue weighted by molar-refractivity contribution is 0.955. The molecule has 8 aromatic carbocycles. The van der Waals surface area contributed by atoms with Gasteiger partial charge in [0, 0.05) is 49.1 Å². The summed E-state index contributed by atoms with van der Waals surface area (Å²) < 4.78 is 7.09. The summed E-state index contributed by atoms with van der Waals surface area (Å²) in [6.07, 6.45) is 0. The molecule has 0 radical (unpaired) electrons. The van der Waals surface area contributed by atoms with Crippen LogP contribution in [0.4, 0.5) is 0 Å². The summed E-state index contributed by atoms with van der Waals surface area (Å²) >= 11 is 0. The SMILES string of the molecule is c1ccc(-c2nc(-c3ccccc3)nc(-n3c4ccccc4c4ccc5c(c6ccccc6n5-c5cccc6c5c5ccccc5n6-c5ccccc5)c43)n2)cc1. The van der Waals surface area contributed by atoms with E-state index in [1.165, 1.54) is 16.3 Å². The Hall–Kier alpha value is -7.83. The summed E-state index contributed by atoms with van der Waals surface area (Å²) in [4.78, 5) is 15.6.